The maximum Gasteiger partial charge on any atom is 0.0589 e. The molecule has 0 aromatic rings. The molecule has 0 heterocycles. The second kappa shape index (κ2) is 10.1. The molecule has 16 heavy (non-hydrogen) atoms. The summed E-state index contributed by atoms with van der Waals surface area (Å²) in [4.78, 5) is 2.60. The fraction of sp³-hybridized carbons (Fsp3) is 1.00. The van der Waals surface area contributed by atoms with Crippen LogP contribution in [-0.4, -0.2) is 50.8 Å². The molecule has 0 aliphatic heterocycles. The highest BCUT2D eigenvalue weighted by molar-refractivity contribution is 4.75. The molecule has 0 radical (unpaired) electrons. The zero-order valence-corrected chi connectivity index (χ0v) is 11.8. The topological polar surface area (TPSA) is 24.5 Å². The van der Waals surface area contributed by atoms with Crippen LogP contribution in [0.25, 0.3) is 0 Å². The van der Waals surface area contributed by atoms with E-state index in [1.807, 2.05) is 7.05 Å². The molecule has 0 rings (SSSR count). The Bertz CT molecular complexity index is 149. The average molecular weight is 230 g/mol. The average Bonchev–Trinajstić information content (AvgIpc) is 2.31. The minimum absolute atomic E-state index is 0.632. The minimum atomic E-state index is 0.632. The molecule has 0 amide bonds. The number of hydrogen-bond acceptors (Lipinski definition) is 3. The van der Waals surface area contributed by atoms with Gasteiger partial charge >= 0.3 is 0 Å². The highest BCUT2D eigenvalue weighted by Crippen LogP contribution is 2.14. The first kappa shape index (κ1) is 15.9. The van der Waals surface area contributed by atoms with Gasteiger partial charge in [-0.05, 0) is 39.8 Å². The summed E-state index contributed by atoms with van der Waals surface area (Å²) in [5, 5.41) is 3.23. The number of methoxy groups -OCH3 is 1. The van der Waals surface area contributed by atoms with Gasteiger partial charge in [-0.1, -0.05) is 13.8 Å². The van der Waals surface area contributed by atoms with Crippen molar-refractivity contribution in [2.45, 2.75) is 52.1 Å². The van der Waals surface area contributed by atoms with Gasteiger partial charge in [-0.15, -0.1) is 0 Å². The van der Waals surface area contributed by atoms with Crippen molar-refractivity contribution in [1.82, 2.24) is 10.2 Å². The van der Waals surface area contributed by atoms with Crippen molar-refractivity contribution in [3.05, 3.63) is 0 Å². The van der Waals surface area contributed by atoms with E-state index in [-0.39, 0.29) is 0 Å². The van der Waals surface area contributed by atoms with E-state index in [1.165, 1.54) is 19.3 Å². The van der Waals surface area contributed by atoms with E-state index < -0.39 is 0 Å². The zero-order valence-electron chi connectivity index (χ0n) is 11.8. The molecular weight excluding hydrogens is 200 g/mol. The minimum Gasteiger partial charge on any atom is -0.383 e. The molecule has 1 unspecified atom stereocenters. The van der Waals surface area contributed by atoms with Gasteiger partial charge in [0.05, 0.1) is 6.61 Å². The molecule has 0 aliphatic carbocycles. The summed E-state index contributed by atoms with van der Waals surface area (Å²) in [7, 11) is 3.80. The van der Waals surface area contributed by atoms with E-state index in [9.17, 15) is 0 Å². The first-order valence-corrected chi connectivity index (χ1v) is 6.60. The number of nitrogens with one attached hydrogen (secondary N) is 1. The Hall–Kier alpha value is -0.120. The molecule has 0 fully saturated rings. The van der Waals surface area contributed by atoms with Crippen LogP contribution in [0.4, 0.5) is 0 Å². The third kappa shape index (κ3) is 5.83. The lowest BCUT2D eigenvalue weighted by Gasteiger charge is -2.35. The second-order valence-corrected chi connectivity index (χ2v) is 4.44. The quantitative estimate of drug-likeness (QED) is 0.622. The van der Waals surface area contributed by atoms with Gasteiger partial charge in [0.25, 0.3) is 0 Å². The molecular formula is C13H30N2O. The van der Waals surface area contributed by atoms with Gasteiger partial charge in [-0.3, -0.25) is 4.90 Å². The number of hydrogen-bond donors (Lipinski definition) is 1. The smallest absolute Gasteiger partial charge is 0.0589 e. The number of nitrogens with zero attached hydrogens (tertiary/aromatic N) is 1. The lowest BCUT2D eigenvalue weighted by molar-refractivity contribution is 0.0825. The molecule has 1 atom stereocenters. The predicted octanol–water partition coefficient (Wildman–Crippen LogP) is 2.12. The molecule has 0 bridgehead atoms. The Morgan fingerprint density at radius 1 is 1.25 bits per heavy atom. The highest BCUT2D eigenvalue weighted by atomic mass is 16.5. The van der Waals surface area contributed by atoms with Crippen LogP contribution in [0.1, 0.15) is 40.0 Å². The Morgan fingerprint density at radius 2 is 1.88 bits per heavy atom. The van der Waals surface area contributed by atoms with Crippen LogP contribution in [0.15, 0.2) is 0 Å². The lowest BCUT2D eigenvalue weighted by Crippen LogP contribution is -2.44. The summed E-state index contributed by atoms with van der Waals surface area (Å²) >= 11 is 0. The molecule has 0 saturated carbocycles. The van der Waals surface area contributed by atoms with Crippen molar-refractivity contribution in [3.8, 4) is 0 Å². The summed E-state index contributed by atoms with van der Waals surface area (Å²) in [5.41, 5.74) is 0. The van der Waals surface area contributed by atoms with Gasteiger partial charge < -0.3 is 10.1 Å². The van der Waals surface area contributed by atoms with Crippen LogP contribution in [-0.2, 0) is 4.74 Å². The molecule has 3 heteroatoms. The van der Waals surface area contributed by atoms with Gasteiger partial charge in [-0.2, -0.15) is 0 Å². The standard InChI is InChI=1S/C13H30N2O/c1-6-13(7-2)15(10-11-16-5)12(3)8-9-14-4/h12-14H,6-11H2,1-5H3. The Balaban J connectivity index is 4.25. The SMILES string of the molecule is CCC(CC)N(CCOC)C(C)CCNC. The molecule has 1 N–H and O–H groups in total. The first-order valence-electron chi connectivity index (χ1n) is 6.60. The van der Waals surface area contributed by atoms with E-state index in [4.69, 9.17) is 4.74 Å². The van der Waals surface area contributed by atoms with E-state index >= 15 is 0 Å². The van der Waals surface area contributed by atoms with E-state index in [0.29, 0.717) is 12.1 Å². The normalized spacial score (nSPS) is 13.7. The third-order valence-electron chi connectivity index (χ3n) is 3.34. The summed E-state index contributed by atoms with van der Waals surface area (Å²) in [6, 6.07) is 1.33. The van der Waals surface area contributed by atoms with Crippen LogP contribution in [0, 0.1) is 0 Å². The molecule has 0 aromatic carbocycles. The van der Waals surface area contributed by atoms with Crippen molar-refractivity contribution in [2.75, 3.05) is 33.9 Å². The molecule has 0 aromatic heterocycles. The van der Waals surface area contributed by atoms with Gasteiger partial charge in [0, 0.05) is 25.7 Å². The second-order valence-electron chi connectivity index (χ2n) is 4.44. The van der Waals surface area contributed by atoms with Crippen LogP contribution in [0.5, 0.6) is 0 Å². The fourth-order valence-corrected chi connectivity index (χ4v) is 2.24. The molecule has 0 saturated heterocycles. The number of rotatable bonds is 10. The Labute approximate surface area is 102 Å². The van der Waals surface area contributed by atoms with Crippen molar-refractivity contribution in [2.24, 2.45) is 0 Å². The Morgan fingerprint density at radius 3 is 2.31 bits per heavy atom. The highest BCUT2D eigenvalue weighted by Gasteiger charge is 2.20. The third-order valence-corrected chi connectivity index (χ3v) is 3.34. The largest absolute Gasteiger partial charge is 0.383 e. The number of ether oxygens (including phenoxy) is 1. The van der Waals surface area contributed by atoms with Crippen molar-refractivity contribution < 1.29 is 4.74 Å². The van der Waals surface area contributed by atoms with Crippen LogP contribution >= 0.6 is 0 Å². The van der Waals surface area contributed by atoms with E-state index in [1.54, 1.807) is 7.11 Å². The van der Waals surface area contributed by atoms with Crippen molar-refractivity contribution in [1.29, 1.82) is 0 Å². The van der Waals surface area contributed by atoms with Gasteiger partial charge in [0.1, 0.15) is 0 Å². The molecule has 3 nitrogen and oxygen atoms in total. The Kier molecular flexibility index (Phi) is 9.99. The van der Waals surface area contributed by atoms with E-state index in [2.05, 4.69) is 31.0 Å². The molecule has 98 valence electrons. The predicted molar refractivity (Wildman–Crippen MR) is 71.0 cm³/mol. The maximum absolute atomic E-state index is 5.21. The van der Waals surface area contributed by atoms with Gasteiger partial charge in [0.2, 0.25) is 0 Å². The van der Waals surface area contributed by atoms with Crippen LogP contribution in [0.2, 0.25) is 0 Å². The van der Waals surface area contributed by atoms with E-state index in [0.717, 1.165) is 19.7 Å². The van der Waals surface area contributed by atoms with Crippen molar-refractivity contribution in [3.63, 3.8) is 0 Å². The summed E-state index contributed by atoms with van der Waals surface area (Å²) in [6.45, 7) is 9.85. The zero-order chi connectivity index (χ0) is 12.4. The van der Waals surface area contributed by atoms with Crippen LogP contribution < -0.4 is 5.32 Å². The maximum atomic E-state index is 5.21. The summed E-state index contributed by atoms with van der Waals surface area (Å²) in [6.07, 6.45) is 3.66. The first-order chi connectivity index (χ1) is 7.71. The lowest BCUT2D eigenvalue weighted by atomic mass is 10.1. The molecule has 0 aliphatic rings. The fourth-order valence-electron chi connectivity index (χ4n) is 2.24. The summed E-state index contributed by atoms with van der Waals surface area (Å²) in [5.74, 6) is 0. The van der Waals surface area contributed by atoms with Gasteiger partial charge in [0.15, 0.2) is 0 Å². The summed E-state index contributed by atoms with van der Waals surface area (Å²) < 4.78 is 5.21. The van der Waals surface area contributed by atoms with Gasteiger partial charge in [-0.25, -0.2) is 0 Å². The van der Waals surface area contributed by atoms with Crippen molar-refractivity contribution >= 4 is 0 Å². The van der Waals surface area contributed by atoms with Crippen LogP contribution in [0.3, 0.4) is 0 Å². The monoisotopic (exact) mass is 230 g/mol. The molecule has 0 spiro atoms.